The Labute approximate surface area is 122 Å². The molecule has 4 nitrogen and oxygen atoms in total. The van der Waals surface area contributed by atoms with Gasteiger partial charge in [-0.15, -0.1) is 0 Å². The zero-order chi connectivity index (χ0) is 13.5. The van der Waals surface area contributed by atoms with Crippen molar-refractivity contribution in [1.82, 2.24) is 0 Å². The Balaban J connectivity index is 2.33. The molecule has 0 saturated carbocycles. The Bertz CT molecular complexity index is 605. The third-order valence-electron chi connectivity index (χ3n) is 2.69. The zero-order valence-corrected chi connectivity index (χ0v) is 12.9. The number of carbonyl (C=O) groups excluding carboxylic acids is 1. The summed E-state index contributed by atoms with van der Waals surface area (Å²) in [5.74, 6) is -0.298. The zero-order valence-electron chi connectivity index (χ0n) is 8.94. The Hall–Kier alpha value is -0.300. The van der Waals surface area contributed by atoms with Gasteiger partial charge in [0, 0.05) is 28.1 Å². The van der Waals surface area contributed by atoms with Crippen LogP contribution in [0.15, 0.2) is 22.7 Å². The van der Waals surface area contributed by atoms with E-state index >= 15 is 0 Å². The average molecular weight is 373 g/mol. The van der Waals surface area contributed by atoms with Crippen LogP contribution in [0.4, 0.5) is 5.69 Å². The van der Waals surface area contributed by atoms with Crippen LogP contribution in [0.3, 0.4) is 0 Å². The fourth-order valence-electron chi connectivity index (χ4n) is 1.80. The summed E-state index contributed by atoms with van der Waals surface area (Å²) in [5, 5.41) is -0.503. The normalized spacial score (nSPS) is 20.5. The van der Waals surface area contributed by atoms with E-state index in [9.17, 15) is 13.2 Å². The maximum absolute atomic E-state index is 11.8. The van der Waals surface area contributed by atoms with Gasteiger partial charge in [-0.3, -0.25) is 4.79 Å². The first kappa shape index (κ1) is 14.1. The van der Waals surface area contributed by atoms with Gasteiger partial charge in [0.25, 0.3) is 0 Å². The molecule has 1 amide bonds. The smallest absolute Gasteiger partial charge is 0.237 e. The van der Waals surface area contributed by atoms with Crippen LogP contribution in [-0.2, 0) is 13.8 Å². The van der Waals surface area contributed by atoms with Gasteiger partial charge in [-0.2, -0.15) is 0 Å². The molecule has 1 unspecified atom stereocenters. The first-order valence-corrected chi connectivity index (χ1v) is 8.52. The van der Waals surface area contributed by atoms with Crippen molar-refractivity contribution in [2.45, 2.75) is 11.7 Å². The molecular weight excluding hydrogens is 365 g/mol. The van der Waals surface area contributed by atoms with Crippen molar-refractivity contribution in [3.63, 3.8) is 0 Å². The third kappa shape index (κ3) is 2.82. The molecule has 1 aliphatic rings. The van der Waals surface area contributed by atoms with Gasteiger partial charge in [0.2, 0.25) is 15.0 Å². The van der Waals surface area contributed by atoms with Crippen LogP contribution in [0.1, 0.15) is 6.42 Å². The van der Waals surface area contributed by atoms with Crippen LogP contribution in [-0.4, -0.2) is 26.1 Å². The van der Waals surface area contributed by atoms with Crippen molar-refractivity contribution in [2.24, 2.45) is 0 Å². The molecule has 0 radical (unpaired) electrons. The molecule has 1 aliphatic heterocycles. The Morgan fingerprint density at radius 1 is 1.39 bits per heavy atom. The van der Waals surface area contributed by atoms with Gasteiger partial charge >= 0.3 is 0 Å². The number of hydrogen-bond acceptors (Lipinski definition) is 3. The maximum atomic E-state index is 11.8. The molecule has 0 spiro atoms. The summed E-state index contributed by atoms with van der Waals surface area (Å²) in [6.45, 7) is 0.0337. The molecule has 0 bridgehead atoms. The molecule has 1 aromatic carbocycles. The second-order valence-corrected chi connectivity index (χ2v) is 8.13. The summed E-state index contributed by atoms with van der Waals surface area (Å²) < 4.78 is 23.3. The van der Waals surface area contributed by atoms with E-state index in [0.717, 1.165) is 4.47 Å². The van der Waals surface area contributed by atoms with Crippen molar-refractivity contribution >= 4 is 58.9 Å². The molecule has 0 aromatic heterocycles. The number of benzene rings is 1. The highest BCUT2D eigenvalue weighted by atomic mass is 79.9. The lowest BCUT2D eigenvalue weighted by Crippen LogP contribution is -2.26. The van der Waals surface area contributed by atoms with Gasteiger partial charge in [-0.25, -0.2) is 8.42 Å². The number of rotatable bonds is 2. The topological polar surface area (TPSA) is 54.5 Å². The largest absolute Gasteiger partial charge is 0.310 e. The van der Waals surface area contributed by atoms with Crippen molar-refractivity contribution < 1.29 is 13.2 Å². The lowest BCUT2D eigenvalue weighted by Gasteiger charge is -2.17. The Kier molecular flexibility index (Phi) is 3.92. The van der Waals surface area contributed by atoms with Gasteiger partial charge in [-0.1, -0.05) is 27.5 Å². The second kappa shape index (κ2) is 5.00. The highest BCUT2D eigenvalue weighted by Gasteiger charge is 2.38. The SMILES string of the molecule is O=C1CC(S(=O)(=O)Cl)CN1c1ccc(Br)cc1Cl. The van der Waals surface area contributed by atoms with E-state index in [4.69, 9.17) is 22.3 Å². The standard InChI is InChI=1S/C10H8BrCl2NO3S/c11-6-1-2-9(8(12)3-6)14-5-7(4-10(14)15)18(13,16)17/h1-3,7H,4-5H2. The number of anilines is 1. The van der Waals surface area contributed by atoms with E-state index in [1.807, 2.05) is 0 Å². The van der Waals surface area contributed by atoms with Crippen molar-refractivity contribution in [3.8, 4) is 0 Å². The molecule has 1 aromatic rings. The summed E-state index contributed by atoms with van der Waals surface area (Å²) in [7, 11) is 1.54. The van der Waals surface area contributed by atoms with Crippen LogP contribution in [0.25, 0.3) is 0 Å². The molecular formula is C10H8BrCl2NO3S. The number of carbonyl (C=O) groups is 1. The highest BCUT2D eigenvalue weighted by molar-refractivity contribution is 9.10. The molecule has 1 fully saturated rings. The monoisotopic (exact) mass is 371 g/mol. The predicted octanol–water partition coefficient (Wildman–Crippen LogP) is 2.78. The summed E-state index contributed by atoms with van der Waals surface area (Å²) in [4.78, 5) is 13.1. The first-order chi connectivity index (χ1) is 8.29. The summed E-state index contributed by atoms with van der Waals surface area (Å²) in [6.07, 6.45) is -0.113. The summed E-state index contributed by atoms with van der Waals surface area (Å²) in [5.41, 5.74) is 0.493. The molecule has 98 valence electrons. The molecule has 0 N–H and O–H groups in total. The number of nitrogens with zero attached hydrogens (tertiary/aromatic N) is 1. The van der Waals surface area contributed by atoms with Crippen LogP contribution < -0.4 is 4.90 Å². The number of halogens is 3. The predicted molar refractivity (Wildman–Crippen MR) is 74.7 cm³/mol. The number of amides is 1. The fraction of sp³-hybridized carbons (Fsp3) is 0.300. The van der Waals surface area contributed by atoms with E-state index in [1.54, 1.807) is 18.2 Å². The minimum atomic E-state index is -3.74. The van der Waals surface area contributed by atoms with Crippen LogP contribution in [0.2, 0.25) is 5.02 Å². The highest BCUT2D eigenvalue weighted by Crippen LogP contribution is 2.33. The molecule has 18 heavy (non-hydrogen) atoms. The molecule has 2 rings (SSSR count). The van der Waals surface area contributed by atoms with Crippen LogP contribution >= 0.6 is 38.2 Å². The minimum absolute atomic E-state index is 0.0337. The Morgan fingerprint density at radius 2 is 2.06 bits per heavy atom. The van der Waals surface area contributed by atoms with E-state index < -0.39 is 14.3 Å². The molecule has 1 saturated heterocycles. The van der Waals surface area contributed by atoms with Crippen LogP contribution in [0.5, 0.6) is 0 Å². The second-order valence-electron chi connectivity index (χ2n) is 3.90. The lowest BCUT2D eigenvalue weighted by molar-refractivity contribution is -0.117. The molecule has 0 aliphatic carbocycles. The van der Waals surface area contributed by atoms with Crippen molar-refractivity contribution in [2.75, 3.05) is 11.4 Å². The number of hydrogen-bond donors (Lipinski definition) is 0. The van der Waals surface area contributed by atoms with Gasteiger partial charge in [0.15, 0.2) is 0 Å². The van der Waals surface area contributed by atoms with Crippen molar-refractivity contribution in [1.29, 1.82) is 0 Å². The molecule has 1 heterocycles. The van der Waals surface area contributed by atoms with Gasteiger partial charge in [0.05, 0.1) is 10.7 Å². The van der Waals surface area contributed by atoms with E-state index in [0.29, 0.717) is 10.7 Å². The average Bonchev–Trinajstić information content (AvgIpc) is 2.60. The lowest BCUT2D eigenvalue weighted by atomic mass is 10.3. The van der Waals surface area contributed by atoms with E-state index in [1.165, 1.54) is 4.90 Å². The van der Waals surface area contributed by atoms with E-state index in [2.05, 4.69) is 15.9 Å². The fourth-order valence-corrected chi connectivity index (χ4v) is 3.60. The summed E-state index contributed by atoms with van der Waals surface area (Å²) in [6, 6.07) is 5.04. The Morgan fingerprint density at radius 3 is 2.56 bits per heavy atom. The van der Waals surface area contributed by atoms with Gasteiger partial charge in [-0.05, 0) is 18.2 Å². The van der Waals surface area contributed by atoms with E-state index in [-0.39, 0.29) is 18.9 Å². The summed E-state index contributed by atoms with van der Waals surface area (Å²) >= 11 is 9.29. The maximum Gasteiger partial charge on any atom is 0.237 e. The minimum Gasteiger partial charge on any atom is -0.310 e. The van der Waals surface area contributed by atoms with Crippen molar-refractivity contribution in [3.05, 3.63) is 27.7 Å². The van der Waals surface area contributed by atoms with Gasteiger partial charge < -0.3 is 4.90 Å². The molecule has 8 heteroatoms. The first-order valence-electron chi connectivity index (χ1n) is 4.98. The quantitative estimate of drug-likeness (QED) is 0.750. The van der Waals surface area contributed by atoms with Gasteiger partial charge in [0.1, 0.15) is 5.25 Å². The van der Waals surface area contributed by atoms with Crippen LogP contribution in [0, 0.1) is 0 Å². The third-order valence-corrected chi connectivity index (χ3v) is 5.35. The molecule has 1 atom stereocenters.